The van der Waals surface area contributed by atoms with Crippen LogP contribution in [0.1, 0.15) is 37.2 Å². The summed E-state index contributed by atoms with van der Waals surface area (Å²) in [5.41, 5.74) is 4.15. The number of ether oxygens (including phenoxy) is 1. The first-order valence-electron chi connectivity index (χ1n) is 11.1. The Hall–Kier alpha value is -2.97. The molecule has 0 saturated heterocycles. The topological polar surface area (TPSA) is 87.6 Å². The van der Waals surface area contributed by atoms with Crippen LogP contribution in [0.4, 0.5) is 11.4 Å². The second-order valence-corrected chi connectivity index (χ2v) is 9.74. The molecular weight excluding hydrogens is 436 g/mol. The molecule has 3 aromatic rings. The highest BCUT2D eigenvalue weighted by molar-refractivity contribution is 7.09. The van der Waals surface area contributed by atoms with E-state index >= 15 is 0 Å². The fraction of sp³-hybridized carbons (Fsp3) is 0.400. The van der Waals surface area contributed by atoms with Gasteiger partial charge in [-0.2, -0.15) is 4.37 Å². The van der Waals surface area contributed by atoms with Crippen LogP contribution in [0.2, 0.25) is 0 Å². The Bertz CT molecular complexity index is 1150. The zero-order valence-corrected chi connectivity index (χ0v) is 20.3. The summed E-state index contributed by atoms with van der Waals surface area (Å²) in [6, 6.07) is 11.9. The number of carbonyl (C=O) groups excluding carboxylic acids is 1. The normalized spacial score (nSPS) is 13.2. The number of aryl methyl sites for hydroxylation is 2. The number of benzene rings is 2. The highest BCUT2D eigenvalue weighted by Gasteiger charge is 2.27. The van der Waals surface area contributed by atoms with E-state index in [1.165, 1.54) is 11.5 Å². The zero-order chi connectivity index (χ0) is 23.6. The van der Waals surface area contributed by atoms with Crippen molar-refractivity contribution in [3.63, 3.8) is 0 Å². The number of amides is 1. The predicted octanol–water partition coefficient (Wildman–Crippen LogP) is 4.36. The number of nitrogens with zero attached hydrogens (tertiary/aromatic N) is 3. The molecule has 2 N–H and O–H groups in total. The third-order valence-electron chi connectivity index (χ3n) is 5.70. The molecular formula is C25H30N4O3S. The van der Waals surface area contributed by atoms with Crippen LogP contribution in [0.25, 0.3) is 10.6 Å². The lowest BCUT2D eigenvalue weighted by atomic mass is 10.1. The third-order valence-corrected chi connectivity index (χ3v) is 6.55. The number of hydrogen-bond acceptors (Lipinski definition) is 7. The van der Waals surface area contributed by atoms with Crippen LogP contribution in [-0.4, -0.2) is 45.7 Å². The smallest absolute Gasteiger partial charge is 0.246 e. The van der Waals surface area contributed by atoms with Gasteiger partial charge in [0.1, 0.15) is 16.6 Å². The Labute approximate surface area is 198 Å². The average Bonchev–Trinajstić information content (AvgIpc) is 3.39. The van der Waals surface area contributed by atoms with Gasteiger partial charge in [-0.3, -0.25) is 4.79 Å². The maximum atomic E-state index is 13.1. The summed E-state index contributed by atoms with van der Waals surface area (Å²) in [5, 5.41) is 14.1. The highest BCUT2D eigenvalue weighted by Crippen LogP contribution is 2.35. The molecule has 1 aliphatic rings. The Morgan fingerprint density at radius 2 is 2.09 bits per heavy atom. The van der Waals surface area contributed by atoms with Gasteiger partial charge in [0.25, 0.3) is 0 Å². The van der Waals surface area contributed by atoms with Gasteiger partial charge in [0, 0.05) is 29.8 Å². The molecule has 0 spiro atoms. The van der Waals surface area contributed by atoms with E-state index in [1.807, 2.05) is 55.1 Å². The lowest BCUT2D eigenvalue weighted by Gasteiger charge is -2.20. The van der Waals surface area contributed by atoms with Crippen LogP contribution in [0.15, 0.2) is 36.4 Å². The van der Waals surface area contributed by atoms with Crippen LogP contribution in [0.3, 0.4) is 0 Å². The number of carbonyl (C=O) groups is 1. The number of rotatable bonds is 8. The minimum Gasteiger partial charge on any atom is -0.493 e. The number of nitrogens with one attached hydrogen (secondary N) is 1. The van der Waals surface area contributed by atoms with Crippen molar-refractivity contribution in [2.45, 2.75) is 46.1 Å². The standard InChI is InChI=1S/C25H30N4O3S/c1-16-8-9-18(24-27-17(2)28-33-24)14-20(16)26-15-23(30)29-12-10-19-21(29)6-5-7-22(19)32-13-11-25(3,4)31/h5-9,14,26,31H,10-13,15H2,1-4H3. The highest BCUT2D eigenvalue weighted by atomic mass is 32.1. The zero-order valence-electron chi connectivity index (χ0n) is 19.5. The molecule has 0 aliphatic carbocycles. The lowest BCUT2D eigenvalue weighted by molar-refractivity contribution is -0.116. The van der Waals surface area contributed by atoms with Crippen LogP contribution in [-0.2, 0) is 11.2 Å². The average molecular weight is 467 g/mol. The quantitative estimate of drug-likeness (QED) is 0.513. The molecule has 8 heteroatoms. The first-order chi connectivity index (χ1) is 15.7. The van der Waals surface area contributed by atoms with Gasteiger partial charge in [-0.25, -0.2) is 4.98 Å². The Morgan fingerprint density at radius 3 is 2.82 bits per heavy atom. The van der Waals surface area contributed by atoms with Crippen LogP contribution >= 0.6 is 11.5 Å². The molecule has 1 amide bonds. The number of aliphatic hydroxyl groups is 1. The van der Waals surface area contributed by atoms with Crippen molar-refractivity contribution in [2.24, 2.45) is 0 Å². The number of anilines is 2. The van der Waals surface area contributed by atoms with E-state index in [9.17, 15) is 9.90 Å². The summed E-state index contributed by atoms with van der Waals surface area (Å²) in [5.74, 6) is 1.56. The molecule has 0 radical (unpaired) electrons. The lowest BCUT2D eigenvalue weighted by Crippen LogP contribution is -2.34. The van der Waals surface area contributed by atoms with Gasteiger partial charge < -0.3 is 20.1 Å². The first-order valence-corrected chi connectivity index (χ1v) is 11.9. The summed E-state index contributed by atoms with van der Waals surface area (Å²) >= 11 is 1.37. The maximum Gasteiger partial charge on any atom is 0.246 e. The molecule has 2 aromatic carbocycles. The number of hydrogen-bond donors (Lipinski definition) is 2. The van der Waals surface area contributed by atoms with Crippen molar-refractivity contribution in [1.29, 1.82) is 0 Å². The Morgan fingerprint density at radius 1 is 1.27 bits per heavy atom. The third kappa shape index (κ3) is 5.51. The van der Waals surface area contributed by atoms with E-state index in [0.29, 0.717) is 19.6 Å². The SMILES string of the molecule is Cc1nsc(-c2ccc(C)c(NCC(=O)N3CCc4c(OCCC(C)(C)O)cccc43)c2)n1. The van der Waals surface area contributed by atoms with E-state index in [0.717, 1.165) is 51.1 Å². The Kier molecular flexibility index (Phi) is 6.67. The second-order valence-electron chi connectivity index (χ2n) is 8.99. The van der Waals surface area contributed by atoms with Crippen molar-refractivity contribution in [3.05, 3.63) is 53.3 Å². The Balaban J connectivity index is 1.42. The minimum absolute atomic E-state index is 0.0129. The van der Waals surface area contributed by atoms with Gasteiger partial charge >= 0.3 is 0 Å². The first kappa shape index (κ1) is 23.2. The summed E-state index contributed by atoms with van der Waals surface area (Å²) in [6.45, 7) is 8.69. The van der Waals surface area contributed by atoms with E-state index in [2.05, 4.69) is 14.7 Å². The van der Waals surface area contributed by atoms with Gasteiger partial charge in [-0.1, -0.05) is 18.2 Å². The summed E-state index contributed by atoms with van der Waals surface area (Å²) < 4.78 is 10.2. The van der Waals surface area contributed by atoms with Crippen molar-refractivity contribution in [2.75, 3.05) is 29.9 Å². The fourth-order valence-electron chi connectivity index (χ4n) is 3.83. The maximum absolute atomic E-state index is 13.1. The minimum atomic E-state index is -0.768. The molecule has 7 nitrogen and oxygen atoms in total. The monoisotopic (exact) mass is 466 g/mol. The second kappa shape index (κ2) is 9.49. The van der Waals surface area contributed by atoms with Gasteiger partial charge in [0.2, 0.25) is 5.91 Å². The number of fused-ring (bicyclic) bond motifs is 1. The van der Waals surface area contributed by atoms with E-state index in [4.69, 9.17) is 4.74 Å². The summed E-state index contributed by atoms with van der Waals surface area (Å²) in [7, 11) is 0. The predicted molar refractivity (Wildman–Crippen MR) is 132 cm³/mol. The van der Waals surface area contributed by atoms with Gasteiger partial charge in [-0.05, 0) is 69.4 Å². The van der Waals surface area contributed by atoms with Crippen molar-refractivity contribution in [3.8, 4) is 16.3 Å². The molecule has 0 atom stereocenters. The molecule has 2 heterocycles. The summed E-state index contributed by atoms with van der Waals surface area (Å²) in [6.07, 6.45) is 1.29. The van der Waals surface area contributed by atoms with E-state index in [1.54, 1.807) is 13.8 Å². The van der Waals surface area contributed by atoms with Crippen LogP contribution in [0.5, 0.6) is 5.75 Å². The molecule has 174 valence electrons. The molecule has 4 rings (SSSR count). The van der Waals surface area contributed by atoms with Crippen molar-refractivity contribution in [1.82, 2.24) is 9.36 Å². The van der Waals surface area contributed by atoms with Gasteiger partial charge in [0.15, 0.2) is 0 Å². The molecule has 0 unspecified atom stereocenters. The van der Waals surface area contributed by atoms with Crippen molar-refractivity contribution < 1.29 is 14.6 Å². The molecule has 1 aliphatic heterocycles. The van der Waals surface area contributed by atoms with Crippen LogP contribution < -0.4 is 15.0 Å². The molecule has 1 aromatic heterocycles. The van der Waals surface area contributed by atoms with Gasteiger partial charge in [0.05, 0.1) is 24.4 Å². The number of aromatic nitrogens is 2. The molecule has 0 saturated carbocycles. The molecule has 0 fully saturated rings. The van der Waals surface area contributed by atoms with Crippen LogP contribution in [0, 0.1) is 13.8 Å². The largest absolute Gasteiger partial charge is 0.493 e. The molecule has 0 bridgehead atoms. The fourth-order valence-corrected chi connectivity index (χ4v) is 4.50. The molecule has 33 heavy (non-hydrogen) atoms. The summed E-state index contributed by atoms with van der Waals surface area (Å²) in [4.78, 5) is 19.4. The van der Waals surface area contributed by atoms with E-state index in [-0.39, 0.29) is 12.5 Å². The van der Waals surface area contributed by atoms with Gasteiger partial charge in [-0.15, -0.1) is 0 Å². The van der Waals surface area contributed by atoms with E-state index < -0.39 is 5.60 Å². The van der Waals surface area contributed by atoms with Crippen molar-refractivity contribution >= 4 is 28.8 Å².